The molecule has 88 valence electrons. The second kappa shape index (κ2) is 6.36. The summed E-state index contributed by atoms with van der Waals surface area (Å²) in [5.41, 5.74) is 6.71. The predicted octanol–water partition coefficient (Wildman–Crippen LogP) is 1.10. The van der Waals surface area contributed by atoms with Gasteiger partial charge in [0, 0.05) is 17.2 Å². The summed E-state index contributed by atoms with van der Waals surface area (Å²) in [5.74, 6) is 5.19. The van der Waals surface area contributed by atoms with Gasteiger partial charge in [0.25, 0.3) is 0 Å². The second-order valence-corrected chi connectivity index (χ2v) is 3.13. The molecule has 0 amide bonds. The first kappa shape index (κ1) is 12.8. The van der Waals surface area contributed by atoms with Crippen molar-refractivity contribution < 1.29 is 14.6 Å². The summed E-state index contributed by atoms with van der Waals surface area (Å²) in [4.78, 5) is 10.5. The van der Waals surface area contributed by atoms with Crippen molar-refractivity contribution in [2.45, 2.75) is 0 Å². The van der Waals surface area contributed by atoms with Crippen molar-refractivity contribution in [1.29, 1.82) is 0 Å². The number of carboxylic acid groups (broad SMARTS) is 1. The molecule has 0 radical (unpaired) electrons. The molecule has 0 aliphatic rings. The molecule has 0 unspecified atom stereocenters. The van der Waals surface area contributed by atoms with Gasteiger partial charge in [0.15, 0.2) is 0 Å². The lowest BCUT2D eigenvalue weighted by Gasteiger charge is -2.04. The Morgan fingerprint density at radius 3 is 2.94 bits per heavy atom. The molecule has 1 aromatic rings. The van der Waals surface area contributed by atoms with Gasteiger partial charge in [-0.2, -0.15) is 0 Å². The fourth-order valence-electron chi connectivity index (χ4n) is 1.26. The molecule has 0 aliphatic carbocycles. The highest BCUT2D eigenvalue weighted by Crippen LogP contribution is 2.20. The molecule has 1 aromatic carbocycles. The standard InChI is InChI=1S/C13H13NO3/c1-17-12-6-4-10(3-2-8-14)9-11(12)5-7-13(15)16/h4-7,9H,8,14H2,1H3,(H,15,16)/b7-5+. The summed E-state index contributed by atoms with van der Waals surface area (Å²) >= 11 is 0. The molecule has 1 rings (SSSR count). The summed E-state index contributed by atoms with van der Waals surface area (Å²) < 4.78 is 5.12. The molecule has 0 bridgehead atoms. The van der Waals surface area contributed by atoms with Crippen LogP contribution in [0.15, 0.2) is 24.3 Å². The van der Waals surface area contributed by atoms with Crippen LogP contribution in [0.4, 0.5) is 0 Å². The first-order valence-corrected chi connectivity index (χ1v) is 4.95. The van der Waals surface area contributed by atoms with Gasteiger partial charge in [-0.15, -0.1) is 0 Å². The van der Waals surface area contributed by atoms with Crippen LogP contribution < -0.4 is 10.5 Å². The minimum absolute atomic E-state index is 0.284. The van der Waals surface area contributed by atoms with Crippen molar-refractivity contribution in [3.8, 4) is 17.6 Å². The lowest BCUT2D eigenvalue weighted by atomic mass is 10.1. The number of methoxy groups -OCH3 is 1. The van der Waals surface area contributed by atoms with E-state index in [2.05, 4.69) is 11.8 Å². The number of carboxylic acids is 1. The maximum absolute atomic E-state index is 10.5. The third kappa shape index (κ3) is 4.01. The first-order chi connectivity index (χ1) is 8.17. The number of hydrogen-bond donors (Lipinski definition) is 2. The summed E-state index contributed by atoms with van der Waals surface area (Å²) in [6.45, 7) is 0.284. The Kier molecular flexibility index (Phi) is 4.79. The van der Waals surface area contributed by atoms with Crippen LogP contribution in [0, 0.1) is 11.8 Å². The van der Waals surface area contributed by atoms with E-state index in [0.29, 0.717) is 11.3 Å². The quantitative estimate of drug-likeness (QED) is 0.603. The summed E-state index contributed by atoms with van der Waals surface area (Å²) in [6.07, 6.45) is 2.52. The third-order valence-electron chi connectivity index (χ3n) is 1.97. The van der Waals surface area contributed by atoms with Crippen LogP contribution in [0.25, 0.3) is 6.08 Å². The van der Waals surface area contributed by atoms with Crippen LogP contribution in [-0.4, -0.2) is 24.7 Å². The number of hydrogen-bond acceptors (Lipinski definition) is 3. The van der Waals surface area contributed by atoms with Crippen molar-refractivity contribution in [3.63, 3.8) is 0 Å². The van der Waals surface area contributed by atoms with Gasteiger partial charge in [-0.25, -0.2) is 4.79 Å². The molecule has 0 atom stereocenters. The van der Waals surface area contributed by atoms with Crippen LogP contribution in [0.2, 0.25) is 0 Å². The molecule has 0 spiro atoms. The van der Waals surface area contributed by atoms with Crippen molar-refractivity contribution in [2.24, 2.45) is 5.73 Å². The Labute approximate surface area is 99.7 Å². The van der Waals surface area contributed by atoms with E-state index < -0.39 is 5.97 Å². The molecule has 0 fully saturated rings. The molecular formula is C13H13NO3. The van der Waals surface area contributed by atoms with Gasteiger partial charge in [-0.3, -0.25) is 0 Å². The van der Waals surface area contributed by atoms with Crippen molar-refractivity contribution >= 4 is 12.0 Å². The monoisotopic (exact) mass is 231 g/mol. The van der Waals surface area contributed by atoms with E-state index in [4.69, 9.17) is 15.6 Å². The molecule has 0 saturated heterocycles. The molecule has 4 heteroatoms. The van der Waals surface area contributed by atoms with E-state index in [1.165, 1.54) is 13.2 Å². The highest BCUT2D eigenvalue weighted by Gasteiger charge is 2.01. The topological polar surface area (TPSA) is 72.5 Å². The Hall–Kier alpha value is -2.25. The zero-order chi connectivity index (χ0) is 12.7. The van der Waals surface area contributed by atoms with E-state index in [0.717, 1.165) is 11.6 Å². The molecule has 3 N–H and O–H groups in total. The van der Waals surface area contributed by atoms with Crippen LogP contribution in [0.1, 0.15) is 11.1 Å². The zero-order valence-electron chi connectivity index (χ0n) is 9.43. The fourth-order valence-corrected chi connectivity index (χ4v) is 1.26. The van der Waals surface area contributed by atoms with Gasteiger partial charge < -0.3 is 15.6 Å². The molecule has 0 heterocycles. The largest absolute Gasteiger partial charge is 0.496 e. The zero-order valence-corrected chi connectivity index (χ0v) is 9.43. The summed E-state index contributed by atoms with van der Waals surface area (Å²) in [5, 5.41) is 8.58. The van der Waals surface area contributed by atoms with E-state index in [1.807, 2.05) is 0 Å². The van der Waals surface area contributed by atoms with Crippen molar-refractivity contribution in [3.05, 3.63) is 35.4 Å². The minimum atomic E-state index is -1.01. The Balaban J connectivity index is 3.10. The Morgan fingerprint density at radius 2 is 2.35 bits per heavy atom. The van der Waals surface area contributed by atoms with E-state index in [9.17, 15) is 4.79 Å². The Bertz CT molecular complexity index is 495. The normalized spacial score (nSPS) is 9.76. The highest BCUT2D eigenvalue weighted by atomic mass is 16.5. The smallest absolute Gasteiger partial charge is 0.328 e. The number of benzene rings is 1. The highest BCUT2D eigenvalue weighted by molar-refractivity contribution is 5.86. The lowest BCUT2D eigenvalue weighted by molar-refractivity contribution is -0.131. The average molecular weight is 231 g/mol. The van der Waals surface area contributed by atoms with Crippen LogP contribution in [0.3, 0.4) is 0 Å². The number of ether oxygens (including phenoxy) is 1. The van der Waals surface area contributed by atoms with Crippen molar-refractivity contribution in [2.75, 3.05) is 13.7 Å². The first-order valence-electron chi connectivity index (χ1n) is 4.95. The molecule has 4 nitrogen and oxygen atoms in total. The maximum atomic E-state index is 10.5. The third-order valence-corrected chi connectivity index (χ3v) is 1.97. The lowest BCUT2D eigenvalue weighted by Crippen LogP contribution is -1.93. The van der Waals surface area contributed by atoms with Gasteiger partial charge in [-0.1, -0.05) is 11.8 Å². The number of nitrogens with two attached hydrogens (primary N) is 1. The van der Waals surface area contributed by atoms with Gasteiger partial charge in [0.1, 0.15) is 5.75 Å². The fraction of sp³-hybridized carbons (Fsp3) is 0.154. The summed E-state index contributed by atoms with van der Waals surface area (Å²) in [7, 11) is 1.53. The van der Waals surface area contributed by atoms with Crippen LogP contribution >= 0.6 is 0 Å². The minimum Gasteiger partial charge on any atom is -0.496 e. The Morgan fingerprint density at radius 1 is 1.59 bits per heavy atom. The second-order valence-electron chi connectivity index (χ2n) is 3.13. The van der Waals surface area contributed by atoms with Gasteiger partial charge in [-0.05, 0) is 24.3 Å². The van der Waals surface area contributed by atoms with Gasteiger partial charge in [0.05, 0.1) is 13.7 Å². The number of rotatable bonds is 3. The summed E-state index contributed by atoms with van der Waals surface area (Å²) in [6, 6.07) is 5.28. The molecule has 0 saturated carbocycles. The van der Waals surface area contributed by atoms with E-state index >= 15 is 0 Å². The molecule has 0 aromatic heterocycles. The van der Waals surface area contributed by atoms with Crippen LogP contribution in [0.5, 0.6) is 5.75 Å². The van der Waals surface area contributed by atoms with Crippen LogP contribution in [-0.2, 0) is 4.79 Å². The number of carbonyl (C=O) groups is 1. The molecule has 17 heavy (non-hydrogen) atoms. The average Bonchev–Trinajstić information content (AvgIpc) is 2.33. The van der Waals surface area contributed by atoms with E-state index in [-0.39, 0.29) is 6.54 Å². The van der Waals surface area contributed by atoms with Crippen molar-refractivity contribution in [1.82, 2.24) is 0 Å². The van der Waals surface area contributed by atoms with Gasteiger partial charge in [0.2, 0.25) is 0 Å². The molecular weight excluding hydrogens is 218 g/mol. The van der Waals surface area contributed by atoms with Gasteiger partial charge >= 0.3 is 5.97 Å². The maximum Gasteiger partial charge on any atom is 0.328 e. The number of aliphatic carboxylic acids is 1. The predicted molar refractivity (Wildman–Crippen MR) is 65.6 cm³/mol. The molecule has 0 aliphatic heterocycles. The van der Waals surface area contributed by atoms with E-state index in [1.54, 1.807) is 18.2 Å². The SMILES string of the molecule is COc1ccc(C#CCN)cc1/C=C/C(=O)O.